The topological polar surface area (TPSA) is 67.2 Å². The highest BCUT2D eigenvalue weighted by molar-refractivity contribution is 5.92. The lowest BCUT2D eigenvalue weighted by Crippen LogP contribution is -2.43. The fourth-order valence-electron chi connectivity index (χ4n) is 2.81. The Balaban J connectivity index is 1.80. The second kappa shape index (κ2) is 6.74. The quantitative estimate of drug-likeness (QED) is 0.908. The second-order valence-electron chi connectivity index (χ2n) is 5.73. The number of carbonyl (C=O) groups excluding carboxylic acids is 2. The summed E-state index contributed by atoms with van der Waals surface area (Å²) in [5, 5.41) is 6.93. The lowest BCUT2D eigenvalue weighted by molar-refractivity contribution is -0.134. The SMILES string of the molecule is Cc1cc(C(=O)NCCC(=O)N2CCCC[C@@H]2C)n(C)n1. The second-order valence-corrected chi connectivity index (χ2v) is 5.73. The first-order valence-corrected chi connectivity index (χ1v) is 7.57. The molecule has 2 heterocycles. The van der Waals surface area contributed by atoms with Gasteiger partial charge in [0.1, 0.15) is 5.69 Å². The third-order valence-electron chi connectivity index (χ3n) is 3.98. The molecule has 6 heteroatoms. The standard InChI is InChI=1S/C15H24N4O2/c1-11-10-13(18(3)17-11)15(21)16-8-7-14(20)19-9-5-4-6-12(19)2/h10,12H,4-9H2,1-3H3,(H,16,21)/t12-/m0/s1. The fraction of sp³-hybridized carbons (Fsp3) is 0.667. The molecule has 6 nitrogen and oxygen atoms in total. The molecule has 1 atom stereocenters. The smallest absolute Gasteiger partial charge is 0.269 e. The van der Waals surface area contributed by atoms with Crippen molar-refractivity contribution >= 4 is 11.8 Å². The molecule has 21 heavy (non-hydrogen) atoms. The Morgan fingerprint density at radius 2 is 2.19 bits per heavy atom. The molecule has 0 bridgehead atoms. The molecule has 0 aromatic carbocycles. The Bertz CT molecular complexity index is 524. The maximum atomic E-state index is 12.2. The van der Waals surface area contributed by atoms with Gasteiger partial charge in [0.25, 0.3) is 5.91 Å². The van der Waals surface area contributed by atoms with Crippen molar-refractivity contribution in [3.63, 3.8) is 0 Å². The average molecular weight is 292 g/mol. The number of nitrogens with zero attached hydrogens (tertiary/aromatic N) is 3. The van der Waals surface area contributed by atoms with Gasteiger partial charge in [-0.2, -0.15) is 5.10 Å². The summed E-state index contributed by atoms with van der Waals surface area (Å²) in [6, 6.07) is 2.06. The molecule has 2 rings (SSSR count). The molecular weight excluding hydrogens is 268 g/mol. The van der Waals surface area contributed by atoms with Crippen LogP contribution in [0, 0.1) is 6.92 Å². The number of nitrogens with one attached hydrogen (secondary N) is 1. The monoisotopic (exact) mass is 292 g/mol. The van der Waals surface area contributed by atoms with Crippen LogP contribution in [0.25, 0.3) is 0 Å². The van der Waals surface area contributed by atoms with Crippen molar-refractivity contribution in [2.45, 2.75) is 45.6 Å². The summed E-state index contributed by atoms with van der Waals surface area (Å²) in [6.45, 7) is 5.14. The van der Waals surface area contributed by atoms with Crippen molar-refractivity contribution in [2.75, 3.05) is 13.1 Å². The zero-order valence-corrected chi connectivity index (χ0v) is 13.1. The summed E-state index contributed by atoms with van der Waals surface area (Å²) in [5.74, 6) is -0.0544. The van der Waals surface area contributed by atoms with Gasteiger partial charge in [-0.25, -0.2) is 0 Å². The zero-order valence-electron chi connectivity index (χ0n) is 13.1. The number of rotatable bonds is 4. The Morgan fingerprint density at radius 1 is 1.43 bits per heavy atom. The van der Waals surface area contributed by atoms with Crippen LogP contribution in [0.2, 0.25) is 0 Å². The van der Waals surface area contributed by atoms with Crippen LogP contribution >= 0.6 is 0 Å². The maximum absolute atomic E-state index is 12.2. The van der Waals surface area contributed by atoms with Gasteiger partial charge in [0.15, 0.2) is 0 Å². The van der Waals surface area contributed by atoms with E-state index in [0.717, 1.165) is 25.1 Å². The molecule has 0 radical (unpaired) electrons. The molecule has 0 saturated carbocycles. The van der Waals surface area contributed by atoms with Gasteiger partial charge >= 0.3 is 0 Å². The van der Waals surface area contributed by atoms with Gasteiger partial charge < -0.3 is 10.2 Å². The van der Waals surface area contributed by atoms with Gasteiger partial charge in [-0.05, 0) is 39.2 Å². The largest absolute Gasteiger partial charge is 0.350 e. The zero-order chi connectivity index (χ0) is 15.4. The lowest BCUT2D eigenvalue weighted by atomic mass is 10.0. The highest BCUT2D eigenvalue weighted by atomic mass is 16.2. The molecule has 0 unspecified atom stereocenters. The van der Waals surface area contributed by atoms with Crippen LogP contribution in [0.1, 0.15) is 48.8 Å². The van der Waals surface area contributed by atoms with Crippen molar-refractivity contribution in [2.24, 2.45) is 7.05 Å². The van der Waals surface area contributed by atoms with Crippen molar-refractivity contribution in [3.8, 4) is 0 Å². The molecule has 1 N–H and O–H groups in total. The Morgan fingerprint density at radius 3 is 2.81 bits per heavy atom. The van der Waals surface area contributed by atoms with E-state index in [9.17, 15) is 9.59 Å². The molecule has 1 fully saturated rings. The number of amides is 2. The van der Waals surface area contributed by atoms with Gasteiger partial charge in [-0.1, -0.05) is 0 Å². The predicted octanol–water partition coefficient (Wildman–Crippen LogP) is 1.25. The Labute approximate surface area is 125 Å². The first-order valence-electron chi connectivity index (χ1n) is 7.57. The van der Waals surface area contributed by atoms with Crippen molar-refractivity contribution < 1.29 is 9.59 Å². The third-order valence-corrected chi connectivity index (χ3v) is 3.98. The molecule has 1 saturated heterocycles. The van der Waals surface area contributed by atoms with E-state index in [1.54, 1.807) is 17.8 Å². The lowest BCUT2D eigenvalue weighted by Gasteiger charge is -2.33. The van der Waals surface area contributed by atoms with E-state index in [1.807, 2.05) is 11.8 Å². The van der Waals surface area contributed by atoms with Crippen molar-refractivity contribution in [3.05, 3.63) is 17.5 Å². The van der Waals surface area contributed by atoms with Crippen LogP contribution in [-0.2, 0) is 11.8 Å². The summed E-state index contributed by atoms with van der Waals surface area (Å²) in [5.41, 5.74) is 1.33. The summed E-state index contributed by atoms with van der Waals surface area (Å²) < 4.78 is 1.55. The third kappa shape index (κ3) is 3.83. The Kier molecular flexibility index (Phi) is 4.98. The van der Waals surface area contributed by atoms with Crippen molar-refractivity contribution in [1.82, 2.24) is 20.0 Å². The number of hydrogen-bond donors (Lipinski definition) is 1. The first kappa shape index (κ1) is 15.5. The average Bonchev–Trinajstić information content (AvgIpc) is 2.78. The minimum absolute atomic E-state index is 0.128. The molecule has 0 spiro atoms. The van der Waals surface area contributed by atoms with Crippen LogP contribution < -0.4 is 5.32 Å². The summed E-state index contributed by atoms with van der Waals surface area (Å²) >= 11 is 0. The van der Waals surface area contributed by atoms with Crippen LogP contribution in [0.3, 0.4) is 0 Å². The number of aryl methyl sites for hydroxylation is 2. The van der Waals surface area contributed by atoms with Gasteiger partial charge in [0, 0.05) is 32.6 Å². The minimum Gasteiger partial charge on any atom is -0.350 e. The molecule has 0 aliphatic carbocycles. The minimum atomic E-state index is -0.183. The Hall–Kier alpha value is -1.85. The molecule has 1 aliphatic rings. The van der Waals surface area contributed by atoms with E-state index in [1.165, 1.54) is 6.42 Å². The van der Waals surface area contributed by atoms with Crippen molar-refractivity contribution in [1.29, 1.82) is 0 Å². The first-order chi connectivity index (χ1) is 9.99. The number of hydrogen-bond acceptors (Lipinski definition) is 3. The number of aromatic nitrogens is 2. The van der Waals surface area contributed by atoms with E-state index < -0.39 is 0 Å². The van der Waals surface area contributed by atoms with Gasteiger partial charge in [0.2, 0.25) is 5.91 Å². The molecule has 1 aliphatic heterocycles. The highest BCUT2D eigenvalue weighted by Crippen LogP contribution is 2.16. The molecular formula is C15H24N4O2. The normalized spacial score (nSPS) is 18.6. The predicted molar refractivity (Wildman–Crippen MR) is 79.9 cm³/mol. The highest BCUT2D eigenvalue weighted by Gasteiger charge is 2.22. The van der Waals surface area contributed by atoms with Crippen LogP contribution in [0.5, 0.6) is 0 Å². The summed E-state index contributed by atoms with van der Waals surface area (Å²) in [4.78, 5) is 26.1. The summed E-state index contributed by atoms with van der Waals surface area (Å²) in [6.07, 6.45) is 3.71. The van der Waals surface area contributed by atoms with E-state index in [0.29, 0.717) is 24.7 Å². The molecule has 1 aromatic heterocycles. The van der Waals surface area contributed by atoms with Crippen LogP contribution in [0.4, 0.5) is 0 Å². The van der Waals surface area contributed by atoms with Gasteiger partial charge in [-0.15, -0.1) is 0 Å². The number of likely N-dealkylation sites (tertiary alicyclic amines) is 1. The van der Waals surface area contributed by atoms with E-state index in [2.05, 4.69) is 17.3 Å². The molecule has 1 aromatic rings. The van der Waals surface area contributed by atoms with E-state index in [4.69, 9.17) is 0 Å². The number of piperidine rings is 1. The van der Waals surface area contributed by atoms with Gasteiger partial charge in [-0.3, -0.25) is 14.3 Å². The molecule has 2 amide bonds. The maximum Gasteiger partial charge on any atom is 0.269 e. The fourth-order valence-corrected chi connectivity index (χ4v) is 2.81. The molecule has 116 valence electrons. The van der Waals surface area contributed by atoms with E-state index >= 15 is 0 Å². The van der Waals surface area contributed by atoms with E-state index in [-0.39, 0.29) is 11.8 Å². The van der Waals surface area contributed by atoms with Gasteiger partial charge in [0.05, 0.1) is 5.69 Å². The van der Waals surface area contributed by atoms with Crippen LogP contribution in [0.15, 0.2) is 6.07 Å². The summed E-state index contributed by atoms with van der Waals surface area (Å²) in [7, 11) is 1.74. The van der Waals surface area contributed by atoms with Crippen LogP contribution in [-0.4, -0.2) is 45.6 Å². The number of carbonyl (C=O) groups is 2.